The van der Waals surface area contributed by atoms with Crippen LogP contribution in [0.2, 0.25) is 0 Å². The fraction of sp³-hybridized carbons (Fsp3) is 1.00. The van der Waals surface area contributed by atoms with Gasteiger partial charge in [0.25, 0.3) is 0 Å². The van der Waals surface area contributed by atoms with Gasteiger partial charge in [0, 0.05) is 5.25 Å². The third-order valence-corrected chi connectivity index (χ3v) is 5.13. The van der Waals surface area contributed by atoms with Gasteiger partial charge in [-0.2, -0.15) is 17.1 Å². The zero-order chi connectivity index (χ0) is 11.4. The van der Waals surface area contributed by atoms with E-state index in [0.717, 1.165) is 24.2 Å². The van der Waals surface area contributed by atoms with E-state index in [-0.39, 0.29) is 22.3 Å². The molecule has 0 amide bonds. The Labute approximate surface area is 113 Å². The van der Waals surface area contributed by atoms with Crippen LogP contribution < -0.4 is 9.79 Å². The molecule has 0 aromatic rings. The van der Waals surface area contributed by atoms with Gasteiger partial charge in [-0.1, -0.05) is 27.7 Å². The first-order valence-electron chi connectivity index (χ1n) is 4.91. The average molecular weight is 318 g/mol. The summed E-state index contributed by atoms with van der Waals surface area (Å²) in [6.07, 6.45) is 1.84. The molecule has 0 bridgehead atoms. The summed E-state index contributed by atoms with van der Waals surface area (Å²) in [7, 11) is 0. The Balaban J connectivity index is 0. The van der Waals surface area contributed by atoms with E-state index >= 15 is 0 Å². The van der Waals surface area contributed by atoms with E-state index in [1.54, 1.807) is 0 Å². The van der Waals surface area contributed by atoms with Crippen LogP contribution in [0.15, 0.2) is 0 Å². The second-order valence-electron chi connectivity index (χ2n) is 4.43. The first-order valence-corrected chi connectivity index (χ1v) is 9.03. The smallest absolute Gasteiger partial charge is 0.825 e. The largest absolute Gasteiger partial charge is 2.00 e. The molecule has 0 heterocycles. The van der Waals surface area contributed by atoms with E-state index in [1.165, 1.54) is 0 Å². The normalized spacial score (nSPS) is 12.3. The van der Waals surface area contributed by atoms with Gasteiger partial charge in [-0.05, 0) is 24.7 Å². The molecule has 2 nitrogen and oxygen atoms in total. The van der Waals surface area contributed by atoms with E-state index in [1.807, 2.05) is 0 Å². The zero-order valence-corrected chi connectivity index (χ0v) is 13.0. The quantitative estimate of drug-likeness (QED) is 0.556. The molecule has 15 heavy (non-hydrogen) atoms. The Morgan fingerprint density at radius 3 is 1.60 bits per heavy atom. The molecule has 0 aliphatic carbocycles. The molecule has 0 aliphatic rings. The van der Waals surface area contributed by atoms with Crippen LogP contribution in [0.5, 0.6) is 0 Å². The van der Waals surface area contributed by atoms with Crippen molar-refractivity contribution >= 4 is 28.9 Å². The summed E-state index contributed by atoms with van der Waals surface area (Å²) < 4.78 is 0. The van der Waals surface area contributed by atoms with Crippen molar-refractivity contribution in [2.45, 2.75) is 45.8 Å². The molecule has 0 fully saturated rings. The van der Waals surface area contributed by atoms with Crippen LogP contribution in [0.25, 0.3) is 0 Å². The molecule has 0 saturated heterocycles. The molecule has 0 N–H and O–H groups in total. The molecule has 6 heteroatoms. The summed E-state index contributed by atoms with van der Waals surface area (Å²) >= 11 is 5.40. The molecule has 0 aromatic heterocycles. The Morgan fingerprint density at radius 1 is 1.07 bits per heavy atom. The van der Waals surface area contributed by atoms with Crippen molar-refractivity contribution in [3.63, 3.8) is 0 Å². The van der Waals surface area contributed by atoms with E-state index in [2.05, 4.69) is 39.5 Å². The van der Waals surface area contributed by atoms with Gasteiger partial charge in [0.05, 0.1) is 0 Å². The minimum Gasteiger partial charge on any atom is -0.825 e. The summed E-state index contributed by atoms with van der Waals surface area (Å²) in [5.41, 5.74) is -3.58. The summed E-state index contributed by atoms with van der Waals surface area (Å²) in [6.45, 7) is 8.42. The molecule has 0 unspecified atom stereocenters. The second kappa shape index (κ2) is 8.52. The van der Waals surface area contributed by atoms with Crippen LogP contribution in [0.3, 0.4) is 0 Å². The van der Waals surface area contributed by atoms with Crippen LogP contribution in [-0.2, 0) is 28.9 Å². The maximum Gasteiger partial charge on any atom is 2.00 e. The van der Waals surface area contributed by atoms with Gasteiger partial charge in [-0.15, -0.1) is 11.8 Å². The summed E-state index contributed by atoms with van der Waals surface area (Å²) in [5, 5.41) is 0.163. The van der Waals surface area contributed by atoms with E-state index in [0.29, 0.717) is 11.8 Å². The Morgan fingerprint density at radius 2 is 1.40 bits per heavy atom. The van der Waals surface area contributed by atoms with Gasteiger partial charge in [0.1, 0.15) is 0 Å². The molecule has 0 aliphatic heterocycles. The zero-order valence-electron chi connectivity index (χ0n) is 9.53. The summed E-state index contributed by atoms with van der Waals surface area (Å²) in [5.74, 6) is 1.04. The van der Waals surface area contributed by atoms with Crippen molar-refractivity contribution in [1.29, 1.82) is 0 Å². The molecule has 0 rings (SSSR count). The minimum absolute atomic E-state index is 0. The van der Waals surface area contributed by atoms with Crippen molar-refractivity contribution in [1.82, 2.24) is 0 Å². The fourth-order valence-corrected chi connectivity index (χ4v) is 5.43. The number of rotatable bonds is 6. The van der Waals surface area contributed by atoms with Crippen LogP contribution >= 0.6 is 17.1 Å². The van der Waals surface area contributed by atoms with E-state index in [4.69, 9.17) is 0 Å². The van der Waals surface area contributed by atoms with Crippen molar-refractivity contribution in [3.05, 3.63) is 0 Å². The van der Waals surface area contributed by atoms with Crippen molar-refractivity contribution < 1.29 is 26.9 Å². The molecule has 0 saturated carbocycles. The van der Waals surface area contributed by atoms with Gasteiger partial charge in [-0.25, -0.2) is 0 Å². The number of hydrogen-bond donors (Lipinski definition) is 0. The predicted molar refractivity (Wildman–Crippen MR) is 64.6 cm³/mol. The molecule has 1 radical (unpaired) electrons. The van der Waals surface area contributed by atoms with Gasteiger partial charge in [-0.3, -0.25) is 0 Å². The topological polar surface area (TPSA) is 46.1 Å². The number of hydrogen-bond acceptors (Lipinski definition) is 4. The van der Waals surface area contributed by atoms with E-state index in [9.17, 15) is 9.79 Å². The molecule has 0 aromatic carbocycles. The van der Waals surface area contributed by atoms with Crippen molar-refractivity contribution in [2.24, 2.45) is 11.8 Å². The van der Waals surface area contributed by atoms with Gasteiger partial charge >= 0.3 is 17.1 Å². The van der Waals surface area contributed by atoms with Crippen molar-refractivity contribution in [2.75, 3.05) is 0 Å². The third kappa shape index (κ3) is 13.4. The maximum atomic E-state index is 11.0. The van der Waals surface area contributed by atoms with Crippen LogP contribution in [-0.4, -0.2) is 5.25 Å². The maximum absolute atomic E-state index is 11.0. The minimum atomic E-state index is -3.58. The SMILES string of the molecule is CC(C)CC(CC(C)C)SP([O-])([O-])=S.[Cu+2]. The first-order chi connectivity index (χ1) is 6.20. The molecular weight excluding hydrogens is 299 g/mol. The molecule has 0 atom stereocenters. The van der Waals surface area contributed by atoms with E-state index < -0.39 is 5.69 Å². The van der Waals surface area contributed by atoms with Crippen LogP contribution in [0.1, 0.15) is 40.5 Å². The summed E-state index contributed by atoms with van der Waals surface area (Å²) in [4.78, 5) is 22.0. The first kappa shape index (κ1) is 18.8. The Hall–Kier alpha value is 1.44. The van der Waals surface area contributed by atoms with Gasteiger partial charge in [0.15, 0.2) is 0 Å². The van der Waals surface area contributed by atoms with Crippen LogP contribution in [0, 0.1) is 11.8 Å². The van der Waals surface area contributed by atoms with Crippen LogP contribution in [0.4, 0.5) is 0 Å². The standard InChI is InChI=1S/C9H21O2PS2.Cu/c1-7(2)5-9(6-8(3)4)14-12(10,11)13;/h7-9H,5-6H2,1-4H3,(H2,10,11,13);/q;+2/p-2. The monoisotopic (exact) mass is 317 g/mol. The molecule has 95 valence electrons. The predicted octanol–water partition coefficient (Wildman–Crippen LogP) is 2.12. The summed E-state index contributed by atoms with van der Waals surface area (Å²) in [6, 6.07) is 0. The second-order valence-corrected chi connectivity index (χ2v) is 10.4. The Bertz CT molecular complexity index is 196. The fourth-order valence-electron chi connectivity index (χ4n) is 1.42. The molecule has 0 spiro atoms. The van der Waals surface area contributed by atoms with Gasteiger partial charge < -0.3 is 9.79 Å². The average Bonchev–Trinajstić information content (AvgIpc) is 1.77. The van der Waals surface area contributed by atoms with Gasteiger partial charge in [0.2, 0.25) is 0 Å². The Kier molecular flexibility index (Phi) is 10.7. The third-order valence-electron chi connectivity index (χ3n) is 1.75. The molecular formula is C9H19CuO2PS2. The van der Waals surface area contributed by atoms with Crippen molar-refractivity contribution in [3.8, 4) is 0 Å².